The Morgan fingerprint density at radius 2 is 1.89 bits per heavy atom. The molecule has 2 amide bonds. The number of aryl methyl sites for hydroxylation is 1. The summed E-state index contributed by atoms with van der Waals surface area (Å²) in [6.45, 7) is 17.2. The van der Waals surface area contributed by atoms with Gasteiger partial charge in [0, 0.05) is 67.4 Å². The van der Waals surface area contributed by atoms with E-state index < -0.39 is 17.7 Å². The molecule has 1 aromatic carbocycles. The van der Waals surface area contributed by atoms with Gasteiger partial charge in [-0.15, -0.1) is 0 Å². The Kier molecular flexibility index (Phi) is 17.6. The van der Waals surface area contributed by atoms with Gasteiger partial charge in [0.15, 0.2) is 0 Å². The Labute approximate surface area is 296 Å². The number of hydrogen-bond acceptors (Lipinski definition) is 7. The number of carbonyl (C=O) groups excluding carboxylic acids is 2. The van der Waals surface area contributed by atoms with E-state index in [4.69, 9.17) is 27.1 Å². The summed E-state index contributed by atoms with van der Waals surface area (Å²) < 4.78 is 6.57. The highest BCUT2D eigenvalue weighted by molar-refractivity contribution is 9.10. The molecular formula is C36H56BrClN6O3. The number of halogens is 2. The van der Waals surface area contributed by atoms with E-state index in [1.54, 1.807) is 11.1 Å². The maximum Gasteiger partial charge on any atom is 0.410 e. The minimum atomic E-state index is -0.642. The lowest BCUT2D eigenvalue weighted by Crippen LogP contribution is -2.61. The number of nitrogens with two attached hydrogens (primary N) is 1. The van der Waals surface area contributed by atoms with E-state index in [0.29, 0.717) is 24.7 Å². The van der Waals surface area contributed by atoms with Gasteiger partial charge in [-0.3, -0.25) is 14.7 Å². The Hall–Kier alpha value is -2.82. The minimum absolute atomic E-state index is 0.137. The van der Waals surface area contributed by atoms with Crippen LogP contribution in [0.5, 0.6) is 0 Å². The maximum absolute atomic E-state index is 14.0. The van der Waals surface area contributed by atoms with Crippen molar-refractivity contribution < 1.29 is 14.3 Å². The Balaban J connectivity index is 0.00000246. The lowest BCUT2D eigenvalue weighted by molar-refractivity contribution is -0.129. The number of aromatic nitrogens is 1. The van der Waals surface area contributed by atoms with Crippen molar-refractivity contribution in [1.82, 2.24) is 25.0 Å². The summed E-state index contributed by atoms with van der Waals surface area (Å²) in [6.07, 6.45) is 9.65. The summed E-state index contributed by atoms with van der Waals surface area (Å²) >= 11 is 10.0. The monoisotopic (exact) mass is 734 g/mol. The number of nitrogens with zero attached hydrogens (tertiary/aromatic N) is 4. The van der Waals surface area contributed by atoms with E-state index in [-0.39, 0.29) is 18.5 Å². The van der Waals surface area contributed by atoms with Crippen molar-refractivity contribution in [3.05, 3.63) is 75.2 Å². The molecule has 3 rings (SSSR count). The third-order valence-corrected chi connectivity index (χ3v) is 8.27. The quantitative estimate of drug-likeness (QED) is 0.205. The van der Waals surface area contributed by atoms with Crippen molar-refractivity contribution in [2.75, 3.05) is 39.3 Å². The van der Waals surface area contributed by atoms with Crippen LogP contribution in [0.25, 0.3) is 0 Å². The molecule has 1 unspecified atom stereocenters. The van der Waals surface area contributed by atoms with Crippen molar-refractivity contribution in [3.8, 4) is 0 Å². The van der Waals surface area contributed by atoms with Gasteiger partial charge >= 0.3 is 6.09 Å². The molecular weight excluding hydrogens is 680 g/mol. The van der Waals surface area contributed by atoms with Crippen LogP contribution in [0.15, 0.2) is 53.4 Å². The SMILES string of the molecule is CCC.CCCCc1cc(Cl)ccc1C(c1ccc(Br)cn1)N1CCN(C(=O)OC(C)(C)C)C[C@@H]1C(=O)NCCCN(/C=C\N)CC. The predicted molar refractivity (Wildman–Crippen MR) is 196 cm³/mol. The first kappa shape index (κ1) is 40.4. The lowest BCUT2D eigenvalue weighted by atomic mass is 9.91. The molecule has 2 heterocycles. The number of ether oxygens (including phenoxy) is 1. The van der Waals surface area contributed by atoms with Crippen molar-refractivity contribution in [2.24, 2.45) is 5.73 Å². The fourth-order valence-corrected chi connectivity index (χ4v) is 5.81. The number of benzene rings is 1. The molecule has 1 aromatic heterocycles. The fraction of sp³-hybridized carbons (Fsp3) is 0.583. The van der Waals surface area contributed by atoms with E-state index in [1.165, 1.54) is 12.6 Å². The zero-order chi connectivity index (χ0) is 35.0. The number of nitrogens with one attached hydrogen (secondary N) is 1. The first-order valence-corrected chi connectivity index (χ1v) is 18.1. The van der Waals surface area contributed by atoms with Gasteiger partial charge in [-0.25, -0.2) is 4.79 Å². The van der Waals surface area contributed by atoms with E-state index in [1.807, 2.05) is 51.2 Å². The van der Waals surface area contributed by atoms with Crippen LogP contribution in [0.2, 0.25) is 5.02 Å². The summed E-state index contributed by atoms with van der Waals surface area (Å²) in [5, 5.41) is 3.82. The van der Waals surface area contributed by atoms with Gasteiger partial charge < -0.3 is 25.6 Å². The molecule has 0 radical (unpaired) electrons. The number of hydrogen-bond donors (Lipinski definition) is 2. The highest BCUT2D eigenvalue weighted by atomic mass is 79.9. The molecule has 2 aromatic rings. The molecule has 9 nitrogen and oxygen atoms in total. The molecule has 1 fully saturated rings. The topological polar surface area (TPSA) is 104 Å². The second-order valence-electron chi connectivity index (χ2n) is 12.8. The number of unbranched alkanes of at least 4 members (excludes halogenated alkanes) is 1. The first-order valence-electron chi connectivity index (χ1n) is 16.9. The van der Waals surface area contributed by atoms with E-state index in [2.05, 4.69) is 64.8 Å². The molecule has 0 saturated carbocycles. The van der Waals surface area contributed by atoms with Crippen LogP contribution < -0.4 is 11.1 Å². The highest BCUT2D eigenvalue weighted by Gasteiger charge is 2.41. The van der Waals surface area contributed by atoms with Crippen LogP contribution in [-0.2, 0) is 16.0 Å². The Morgan fingerprint density at radius 1 is 1.17 bits per heavy atom. The van der Waals surface area contributed by atoms with Crippen LogP contribution in [0.1, 0.15) is 97.0 Å². The number of amides is 2. The molecule has 0 spiro atoms. The predicted octanol–water partition coefficient (Wildman–Crippen LogP) is 7.53. The second kappa shape index (κ2) is 20.5. The highest BCUT2D eigenvalue weighted by Crippen LogP contribution is 2.35. The van der Waals surface area contributed by atoms with Crippen molar-refractivity contribution in [3.63, 3.8) is 0 Å². The molecule has 3 N–H and O–H groups in total. The van der Waals surface area contributed by atoms with E-state index in [9.17, 15) is 9.59 Å². The van der Waals surface area contributed by atoms with Gasteiger partial charge in [0.1, 0.15) is 11.6 Å². The van der Waals surface area contributed by atoms with Crippen molar-refractivity contribution in [2.45, 2.75) is 98.3 Å². The standard InChI is InChI=1S/C33H48BrClN6O3.C3H8/c1-6-8-10-24-21-26(35)12-13-27(24)30(28-14-11-25(34)22-38-28)41-20-19-40(32(43)44-33(3,4)5)23-29(41)31(42)37-16-9-17-39(7-2)18-15-36;1-3-2/h11-15,18,21-22,29-30H,6-10,16-17,19-20,23,36H2,1-5H3,(H,37,42);3H2,1-2H3/b18-15-;/t29-,30?;/m1./s1. The average Bonchev–Trinajstić information content (AvgIpc) is 3.02. The van der Waals surface area contributed by atoms with Gasteiger partial charge in [-0.05, 0) is 98.3 Å². The molecule has 262 valence electrons. The van der Waals surface area contributed by atoms with Crippen molar-refractivity contribution >= 4 is 39.5 Å². The third-order valence-electron chi connectivity index (χ3n) is 7.56. The van der Waals surface area contributed by atoms with Crippen LogP contribution >= 0.6 is 27.5 Å². The summed E-state index contributed by atoms with van der Waals surface area (Å²) in [5.74, 6) is -0.137. The minimum Gasteiger partial charge on any atom is -0.444 e. The third kappa shape index (κ3) is 13.3. The summed E-state index contributed by atoms with van der Waals surface area (Å²) in [7, 11) is 0. The van der Waals surface area contributed by atoms with E-state index in [0.717, 1.165) is 60.1 Å². The van der Waals surface area contributed by atoms with E-state index >= 15 is 0 Å². The first-order chi connectivity index (χ1) is 22.4. The summed E-state index contributed by atoms with van der Waals surface area (Å²) in [5.41, 5.74) is 7.95. The largest absolute Gasteiger partial charge is 0.444 e. The molecule has 0 aliphatic carbocycles. The molecule has 1 saturated heterocycles. The molecule has 1 aliphatic heterocycles. The zero-order valence-corrected chi connectivity index (χ0v) is 31.7. The Bertz CT molecular complexity index is 1270. The van der Waals surface area contributed by atoms with Gasteiger partial charge in [-0.2, -0.15) is 0 Å². The smallest absolute Gasteiger partial charge is 0.410 e. The summed E-state index contributed by atoms with van der Waals surface area (Å²) in [6, 6.07) is 8.99. The van der Waals surface area contributed by atoms with Crippen LogP contribution in [0.4, 0.5) is 4.79 Å². The molecule has 1 aliphatic rings. The molecule has 47 heavy (non-hydrogen) atoms. The molecule has 0 bridgehead atoms. The molecule has 2 atom stereocenters. The second-order valence-corrected chi connectivity index (χ2v) is 14.1. The molecule has 11 heteroatoms. The maximum atomic E-state index is 14.0. The van der Waals surface area contributed by atoms with Gasteiger partial charge in [-0.1, -0.05) is 51.3 Å². The zero-order valence-electron chi connectivity index (χ0n) is 29.4. The fourth-order valence-electron chi connectivity index (χ4n) is 5.38. The van der Waals surface area contributed by atoms with Gasteiger partial charge in [0.2, 0.25) is 5.91 Å². The summed E-state index contributed by atoms with van der Waals surface area (Å²) in [4.78, 5) is 37.9. The number of piperazine rings is 1. The average molecular weight is 736 g/mol. The van der Waals surface area contributed by atoms with Crippen LogP contribution in [-0.4, -0.2) is 82.6 Å². The normalized spacial score (nSPS) is 15.9. The van der Waals surface area contributed by atoms with Crippen LogP contribution in [0.3, 0.4) is 0 Å². The lowest BCUT2D eigenvalue weighted by Gasteiger charge is -2.44. The number of rotatable bonds is 13. The van der Waals surface area contributed by atoms with Gasteiger partial charge in [0.25, 0.3) is 0 Å². The number of carbonyl (C=O) groups is 2. The number of pyridine rings is 1. The Morgan fingerprint density at radius 3 is 2.49 bits per heavy atom. The van der Waals surface area contributed by atoms with Gasteiger partial charge in [0.05, 0.1) is 11.7 Å². The van der Waals surface area contributed by atoms with Crippen molar-refractivity contribution in [1.29, 1.82) is 0 Å². The van der Waals surface area contributed by atoms with Crippen LogP contribution in [0, 0.1) is 0 Å².